The molecule has 1 heterocycles. The Morgan fingerprint density at radius 3 is 2.57 bits per heavy atom. The van der Waals surface area contributed by atoms with E-state index in [2.05, 4.69) is 15.6 Å². The summed E-state index contributed by atoms with van der Waals surface area (Å²) in [7, 11) is 0. The molecule has 2 rings (SSSR count). The third-order valence-electron chi connectivity index (χ3n) is 3.72. The summed E-state index contributed by atoms with van der Waals surface area (Å²) >= 11 is 0. The van der Waals surface area contributed by atoms with Gasteiger partial charge in [-0.25, -0.2) is 5.43 Å². The average molecular weight is 293 g/mol. The van der Waals surface area contributed by atoms with Crippen LogP contribution in [0.3, 0.4) is 0 Å². The van der Waals surface area contributed by atoms with E-state index >= 15 is 0 Å². The molecule has 8 nitrogen and oxygen atoms in total. The van der Waals surface area contributed by atoms with Crippen molar-refractivity contribution in [2.75, 3.05) is 0 Å². The van der Waals surface area contributed by atoms with Crippen molar-refractivity contribution < 1.29 is 9.72 Å². The molecule has 0 saturated heterocycles. The fraction of sp³-hybridized carbons (Fsp3) is 0.615. The molecular weight excluding hydrogens is 274 g/mol. The molecule has 1 aliphatic rings. The summed E-state index contributed by atoms with van der Waals surface area (Å²) in [5.41, 5.74) is 4.15. The zero-order valence-corrected chi connectivity index (χ0v) is 12.4. The smallest absolute Gasteiger partial charge is 0.271 e. The van der Waals surface area contributed by atoms with Crippen LogP contribution in [0, 0.1) is 24.0 Å². The number of rotatable bonds is 4. The molecule has 1 N–H and O–H groups in total. The van der Waals surface area contributed by atoms with Crippen LogP contribution < -0.4 is 5.43 Å². The SMILES string of the molecule is Cc1nn([C@@H](C)C(=O)NN=C2CCCC2)c(C)c1[N+](=O)[O-]. The Labute approximate surface area is 122 Å². The van der Waals surface area contributed by atoms with Crippen molar-refractivity contribution in [3.8, 4) is 0 Å². The topological polar surface area (TPSA) is 102 Å². The minimum atomic E-state index is -0.650. The van der Waals surface area contributed by atoms with Gasteiger partial charge in [0.25, 0.3) is 5.91 Å². The van der Waals surface area contributed by atoms with Gasteiger partial charge in [0, 0.05) is 5.71 Å². The molecule has 0 aromatic carbocycles. The van der Waals surface area contributed by atoms with Gasteiger partial charge in [0.05, 0.1) is 4.92 Å². The number of carbonyl (C=O) groups is 1. The fourth-order valence-corrected chi connectivity index (χ4v) is 2.53. The van der Waals surface area contributed by atoms with Gasteiger partial charge in [-0.2, -0.15) is 10.2 Å². The zero-order chi connectivity index (χ0) is 15.6. The van der Waals surface area contributed by atoms with Crippen LogP contribution in [0.25, 0.3) is 0 Å². The third kappa shape index (κ3) is 3.09. The summed E-state index contributed by atoms with van der Waals surface area (Å²) in [6.45, 7) is 4.79. The average Bonchev–Trinajstić information content (AvgIpc) is 3.03. The summed E-state index contributed by atoms with van der Waals surface area (Å²) in [5.74, 6) is -0.324. The number of hydrogen-bond donors (Lipinski definition) is 1. The molecule has 21 heavy (non-hydrogen) atoms. The van der Waals surface area contributed by atoms with E-state index in [9.17, 15) is 14.9 Å². The van der Waals surface area contributed by atoms with Gasteiger partial charge in [0.1, 0.15) is 17.4 Å². The maximum Gasteiger partial charge on any atom is 0.312 e. The number of carbonyl (C=O) groups excluding carboxylic acids is 1. The second-order valence-electron chi connectivity index (χ2n) is 5.26. The van der Waals surface area contributed by atoms with Crippen LogP contribution in [0.5, 0.6) is 0 Å². The molecule has 0 radical (unpaired) electrons. The Kier molecular flexibility index (Phi) is 4.35. The molecule has 1 atom stereocenters. The summed E-state index contributed by atoms with van der Waals surface area (Å²) in [6.07, 6.45) is 4.04. The molecular formula is C13H19N5O3. The van der Waals surface area contributed by atoms with Crippen LogP contribution in [0.2, 0.25) is 0 Å². The maximum absolute atomic E-state index is 12.1. The molecule has 1 aromatic rings. The Hall–Kier alpha value is -2.25. The van der Waals surface area contributed by atoms with Crippen molar-refractivity contribution in [1.29, 1.82) is 0 Å². The number of aromatic nitrogens is 2. The summed E-state index contributed by atoms with van der Waals surface area (Å²) in [6, 6.07) is -0.650. The van der Waals surface area contributed by atoms with Gasteiger partial charge < -0.3 is 0 Å². The molecule has 1 aliphatic carbocycles. The first-order chi connectivity index (χ1) is 9.91. The molecule has 1 amide bonds. The van der Waals surface area contributed by atoms with E-state index in [1.54, 1.807) is 20.8 Å². The van der Waals surface area contributed by atoms with Crippen LogP contribution in [0.4, 0.5) is 5.69 Å². The molecule has 1 aromatic heterocycles. The highest BCUT2D eigenvalue weighted by molar-refractivity contribution is 5.88. The van der Waals surface area contributed by atoms with Crippen LogP contribution in [0.1, 0.15) is 50.0 Å². The highest BCUT2D eigenvalue weighted by atomic mass is 16.6. The lowest BCUT2D eigenvalue weighted by atomic mass is 10.3. The normalized spacial score (nSPS) is 15.9. The quantitative estimate of drug-likeness (QED) is 0.677. The van der Waals surface area contributed by atoms with Crippen LogP contribution >= 0.6 is 0 Å². The highest BCUT2D eigenvalue weighted by Gasteiger charge is 2.27. The minimum absolute atomic E-state index is 0.0447. The van der Waals surface area contributed by atoms with E-state index in [1.165, 1.54) is 4.68 Å². The Balaban J connectivity index is 2.14. The molecule has 8 heteroatoms. The lowest BCUT2D eigenvalue weighted by Crippen LogP contribution is -2.29. The van der Waals surface area contributed by atoms with E-state index in [4.69, 9.17) is 0 Å². The summed E-state index contributed by atoms with van der Waals surface area (Å²) in [4.78, 5) is 22.6. The second-order valence-corrected chi connectivity index (χ2v) is 5.26. The van der Waals surface area contributed by atoms with Crippen LogP contribution in [0.15, 0.2) is 5.10 Å². The van der Waals surface area contributed by atoms with Gasteiger partial charge in [-0.05, 0) is 46.5 Å². The third-order valence-corrected chi connectivity index (χ3v) is 3.72. The lowest BCUT2D eigenvalue weighted by Gasteiger charge is -2.12. The number of hydrazone groups is 1. The fourth-order valence-electron chi connectivity index (χ4n) is 2.53. The van der Waals surface area contributed by atoms with Crippen molar-refractivity contribution in [3.05, 3.63) is 21.5 Å². The monoisotopic (exact) mass is 293 g/mol. The van der Waals surface area contributed by atoms with Gasteiger partial charge in [0.2, 0.25) is 0 Å². The number of hydrogen-bond acceptors (Lipinski definition) is 5. The van der Waals surface area contributed by atoms with Crippen LogP contribution in [-0.4, -0.2) is 26.3 Å². The van der Waals surface area contributed by atoms with E-state index < -0.39 is 11.0 Å². The van der Waals surface area contributed by atoms with Gasteiger partial charge in [-0.15, -0.1) is 0 Å². The molecule has 0 aliphatic heterocycles. The molecule has 114 valence electrons. The van der Waals surface area contributed by atoms with Gasteiger partial charge in [0.15, 0.2) is 0 Å². The van der Waals surface area contributed by atoms with Gasteiger partial charge in [-0.1, -0.05) is 0 Å². The Morgan fingerprint density at radius 1 is 1.43 bits per heavy atom. The number of aryl methyl sites for hydroxylation is 1. The summed E-state index contributed by atoms with van der Waals surface area (Å²) < 4.78 is 1.37. The molecule has 0 unspecified atom stereocenters. The van der Waals surface area contributed by atoms with Crippen molar-refractivity contribution in [2.45, 2.75) is 52.5 Å². The number of nitrogens with zero attached hydrogens (tertiary/aromatic N) is 4. The van der Waals surface area contributed by atoms with Gasteiger partial charge >= 0.3 is 5.69 Å². The van der Waals surface area contributed by atoms with Crippen molar-refractivity contribution in [1.82, 2.24) is 15.2 Å². The second kappa shape index (κ2) is 6.02. The number of amides is 1. The lowest BCUT2D eigenvalue weighted by molar-refractivity contribution is -0.386. The van der Waals surface area contributed by atoms with E-state index in [0.717, 1.165) is 31.4 Å². The number of nitrogens with one attached hydrogen (secondary N) is 1. The van der Waals surface area contributed by atoms with Crippen molar-refractivity contribution in [3.63, 3.8) is 0 Å². The van der Waals surface area contributed by atoms with E-state index in [1.807, 2.05) is 0 Å². The molecule has 0 bridgehead atoms. The van der Waals surface area contributed by atoms with Crippen molar-refractivity contribution in [2.24, 2.45) is 5.10 Å². The molecule has 1 fully saturated rings. The molecule has 1 saturated carbocycles. The predicted molar refractivity (Wildman–Crippen MR) is 77.1 cm³/mol. The van der Waals surface area contributed by atoms with E-state index in [0.29, 0.717) is 11.4 Å². The first-order valence-electron chi connectivity index (χ1n) is 6.97. The first-order valence-corrected chi connectivity index (χ1v) is 6.97. The number of nitro groups is 1. The highest BCUT2D eigenvalue weighted by Crippen LogP contribution is 2.24. The van der Waals surface area contributed by atoms with Crippen LogP contribution in [-0.2, 0) is 4.79 Å². The van der Waals surface area contributed by atoms with E-state index in [-0.39, 0.29) is 11.6 Å². The Morgan fingerprint density at radius 2 is 2.05 bits per heavy atom. The zero-order valence-electron chi connectivity index (χ0n) is 12.4. The first kappa shape index (κ1) is 15.1. The maximum atomic E-state index is 12.1. The van der Waals surface area contributed by atoms with Gasteiger partial charge in [-0.3, -0.25) is 19.6 Å². The predicted octanol–water partition coefficient (Wildman–Crippen LogP) is 2.02. The van der Waals surface area contributed by atoms with Crippen molar-refractivity contribution >= 4 is 17.3 Å². The Bertz CT molecular complexity index is 597. The molecule has 0 spiro atoms. The largest absolute Gasteiger partial charge is 0.312 e. The standard InChI is InChI=1S/C13H19N5O3/c1-8-12(18(20)21)9(2)17(16-8)10(3)13(19)15-14-11-6-4-5-7-11/h10H,4-7H2,1-3H3,(H,15,19)/t10-/m0/s1. The summed E-state index contributed by atoms with van der Waals surface area (Å²) in [5, 5.41) is 19.2. The minimum Gasteiger partial charge on any atom is -0.271 e.